The van der Waals surface area contributed by atoms with Crippen LogP contribution in [-0.2, 0) is 0 Å². The standard InChI is InChI=1S/C8H7N3O/c1-11-7(9)5-3-2-4-10-6(5)8(11)12/h2-4,9H,1H3. The van der Waals surface area contributed by atoms with Gasteiger partial charge in [-0.2, -0.15) is 0 Å². The Labute approximate surface area is 69.3 Å². The van der Waals surface area contributed by atoms with Crippen LogP contribution in [0.3, 0.4) is 0 Å². The minimum Gasteiger partial charge on any atom is -0.294 e. The van der Waals surface area contributed by atoms with E-state index >= 15 is 0 Å². The van der Waals surface area contributed by atoms with Crippen LogP contribution >= 0.6 is 0 Å². The predicted molar refractivity (Wildman–Crippen MR) is 43.2 cm³/mol. The monoisotopic (exact) mass is 161 g/mol. The average Bonchev–Trinajstić information content (AvgIpc) is 2.33. The molecule has 0 spiro atoms. The van der Waals surface area contributed by atoms with Crippen LogP contribution in [0.2, 0.25) is 0 Å². The van der Waals surface area contributed by atoms with Crippen LogP contribution in [0.1, 0.15) is 16.1 Å². The molecule has 1 aliphatic heterocycles. The molecule has 1 aromatic rings. The third kappa shape index (κ3) is 0.689. The molecule has 1 aromatic heterocycles. The zero-order valence-electron chi connectivity index (χ0n) is 6.53. The number of aromatic nitrogens is 1. The number of hydrogen-bond acceptors (Lipinski definition) is 3. The highest BCUT2D eigenvalue weighted by atomic mass is 16.2. The first kappa shape index (κ1) is 6.97. The minimum atomic E-state index is -0.199. The first-order chi connectivity index (χ1) is 5.72. The fourth-order valence-electron chi connectivity index (χ4n) is 1.21. The Morgan fingerprint density at radius 2 is 2.33 bits per heavy atom. The summed E-state index contributed by atoms with van der Waals surface area (Å²) in [7, 11) is 1.58. The summed E-state index contributed by atoms with van der Waals surface area (Å²) in [4.78, 5) is 16.5. The van der Waals surface area contributed by atoms with Gasteiger partial charge in [0, 0.05) is 18.8 Å². The number of fused-ring (bicyclic) bond motifs is 1. The van der Waals surface area contributed by atoms with E-state index in [-0.39, 0.29) is 11.7 Å². The van der Waals surface area contributed by atoms with Crippen molar-refractivity contribution in [2.75, 3.05) is 7.05 Å². The zero-order chi connectivity index (χ0) is 8.72. The van der Waals surface area contributed by atoms with E-state index in [0.29, 0.717) is 11.3 Å². The molecule has 0 aromatic carbocycles. The maximum atomic E-state index is 11.3. The summed E-state index contributed by atoms with van der Waals surface area (Å²) in [5, 5.41) is 7.53. The van der Waals surface area contributed by atoms with Gasteiger partial charge in [0.2, 0.25) is 0 Å². The van der Waals surface area contributed by atoms with Gasteiger partial charge in [-0.25, -0.2) is 0 Å². The van der Waals surface area contributed by atoms with Gasteiger partial charge in [-0.15, -0.1) is 0 Å². The molecule has 0 atom stereocenters. The summed E-state index contributed by atoms with van der Waals surface area (Å²) in [6.07, 6.45) is 1.56. The van der Waals surface area contributed by atoms with Gasteiger partial charge < -0.3 is 0 Å². The number of nitrogens with one attached hydrogen (secondary N) is 1. The summed E-state index contributed by atoms with van der Waals surface area (Å²) in [5.74, 6) is 0.0266. The van der Waals surface area contributed by atoms with E-state index < -0.39 is 0 Å². The molecular weight excluding hydrogens is 154 g/mol. The molecule has 0 bridgehead atoms. The molecule has 0 aliphatic carbocycles. The molecule has 1 aliphatic rings. The van der Waals surface area contributed by atoms with E-state index in [1.807, 2.05) is 0 Å². The Bertz CT molecular complexity index is 337. The van der Waals surface area contributed by atoms with Gasteiger partial charge in [0.15, 0.2) is 0 Å². The topological polar surface area (TPSA) is 57.1 Å². The van der Waals surface area contributed by atoms with Crippen LogP contribution in [0.25, 0.3) is 0 Å². The van der Waals surface area contributed by atoms with Crippen molar-refractivity contribution in [3.63, 3.8) is 0 Å². The van der Waals surface area contributed by atoms with Gasteiger partial charge >= 0.3 is 0 Å². The highest BCUT2D eigenvalue weighted by Crippen LogP contribution is 2.17. The largest absolute Gasteiger partial charge is 0.294 e. The maximum absolute atomic E-state index is 11.3. The third-order valence-electron chi connectivity index (χ3n) is 1.91. The van der Waals surface area contributed by atoms with E-state index in [1.54, 1.807) is 25.4 Å². The molecule has 1 N–H and O–H groups in total. The Morgan fingerprint density at radius 1 is 1.58 bits per heavy atom. The van der Waals surface area contributed by atoms with Crippen LogP contribution in [0.4, 0.5) is 0 Å². The van der Waals surface area contributed by atoms with Crippen LogP contribution in [0.15, 0.2) is 18.3 Å². The molecule has 12 heavy (non-hydrogen) atoms. The van der Waals surface area contributed by atoms with Gasteiger partial charge in [0.25, 0.3) is 5.91 Å². The Morgan fingerprint density at radius 3 is 3.00 bits per heavy atom. The average molecular weight is 161 g/mol. The summed E-state index contributed by atoms with van der Waals surface area (Å²) in [6.45, 7) is 0. The Kier molecular flexibility index (Phi) is 1.24. The molecule has 0 radical (unpaired) electrons. The van der Waals surface area contributed by atoms with Crippen LogP contribution < -0.4 is 0 Å². The van der Waals surface area contributed by atoms with Crippen molar-refractivity contribution in [1.29, 1.82) is 5.41 Å². The molecule has 2 heterocycles. The Hall–Kier alpha value is -1.71. The van der Waals surface area contributed by atoms with Crippen LogP contribution in [0, 0.1) is 5.41 Å². The lowest BCUT2D eigenvalue weighted by Gasteiger charge is -2.05. The molecule has 0 fully saturated rings. The van der Waals surface area contributed by atoms with Crippen molar-refractivity contribution >= 4 is 11.7 Å². The number of carbonyl (C=O) groups is 1. The normalized spacial score (nSPS) is 15.2. The highest BCUT2D eigenvalue weighted by molar-refractivity contribution is 6.21. The summed E-state index contributed by atoms with van der Waals surface area (Å²) in [5.41, 5.74) is 0.995. The summed E-state index contributed by atoms with van der Waals surface area (Å²) in [6, 6.07) is 3.45. The zero-order valence-corrected chi connectivity index (χ0v) is 6.53. The molecule has 4 heteroatoms. The van der Waals surface area contributed by atoms with Gasteiger partial charge in [-0.3, -0.25) is 20.1 Å². The lowest BCUT2D eigenvalue weighted by atomic mass is 10.2. The van der Waals surface area contributed by atoms with Gasteiger partial charge in [0.05, 0.1) is 0 Å². The van der Waals surface area contributed by atoms with Crippen LogP contribution in [0.5, 0.6) is 0 Å². The van der Waals surface area contributed by atoms with Crippen molar-refractivity contribution in [2.45, 2.75) is 0 Å². The SMILES string of the molecule is CN1C(=N)c2cccnc2C1=O. The van der Waals surface area contributed by atoms with Gasteiger partial charge in [-0.1, -0.05) is 0 Å². The summed E-state index contributed by atoms with van der Waals surface area (Å²) < 4.78 is 0. The van der Waals surface area contributed by atoms with Crippen molar-refractivity contribution in [2.24, 2.45) is 0 Å². The van der Waals surface area contributed by atoms with E-state index in [1.165, 1.54) is 4.90 Å². The fourth-order valence-corrected chi connectivity index (χ4v) is 1.21. The number of nitrogens with zero attached hydrogens (tertiary/aromatic N) is 2. The number of pyridine rings is 1. The number of hydrogen-bond donors (Lipinski definition) is 1. The van der Waals surface area contributed by atoms with E-state index in [4.69, 9.17) is 5.41 Å². The number of amidine groups is 1. The molecule has 4 nitrogen and oxygen atoms in total. The number of rotatable bonds is 0. The quantitative estimate of drug-likeness (QED) is 0.602. The van der Waals surface area contributed by atoms with Crippen molar-refractivity contribution < 1.29 is 4.79 Å². The molecule has 0 saturated heterocycles. The minimum absolute atomic E-state index is 0.199. The number of carbonyl (C=O) groups excluding carboxylic acids is 1. The lowest BCUT2D eigenvalue weighted by Crippen LogP contribution is -2.24. The van der Waals surface area contributed by atoms with Crippen LogP contribution in [-0.4, -0.2) is 28.7 Å². The molecular formula is C8H7N3O. The lowest BCUT2D eigenvalue weighted by molar-refractivity contribution is 0.0877. The van der Waals surface area contributed by atoms with Crippen molar-refractivity contribution in [3.8, 4) is 0 Å². The Balaban J connectivity index is 2.67. The van der Waals surface area contributed by atoms with E-state index in [2.05, 4.69) is 4.98 Å². The molecule has 0 saturated carbocycles. The van der Waals surface area contributed by atoms with Gasteiger partial charge in [-0.05, 0) is 12.1 Å². The van der Waals surface area contributed by atoms with Crippen molar-refractivity contribution in [1.82, 2.24) is 9.88 Å². The third-order valence-corrected chi connectivity index (χ3v) is 1.91. The molecule has 60 valence electrons. The highest BCUT2D eigenvalue weighted by Gasteiger charge is 2.30. The first-order valence-electron chi connectivity index (χ1n) is 3.54. The fraction of sp³-hybridized carbons (Fsp3) is 0.125. The van der Waals surface area contributed by atoms with E-state index in [0.717, 1.165) is 0 Å². The van der Waals surface area contributed by atoms with E-state index in [9.17, 15) is 4.79 Å². The second-order valence-electron chi connectivity index (χ2n) is 2.61. The second kappa shape index (κ2) is 2.14. The second-order valence-corrected chi connectivity index (χ2v) is 2.61. The van der Waals surface area contributed by atoms with Crippen molar-refractivity contribution in [3.05, 3.63) is 29.6 Å². The summed E-state index contributed by atoms with van der Waals surface area (Å²) >= 11 is 0. The smallest absolute Gasteiger partial charge is 0.278 e. The molecule has 0 unspecified atom stereocenters. The maximum Gasteiger partial charge on any atom is 0.278 e. The predicted octanol–water partition coefficient (Wildman–Crippen LogP) is 0.493. The number of amides is 1. The first-order valence-corrected chi connectivity index (χ1v) is 3.54. The molecule has 2 rings (SSSR count). The molecule has 1 amide bonds. The van der Waals surface area contributed by atoms with Gasteiger partial charge in [0.1, 0.15) is 11.5 Å².